The highest BCUT2D eigenvalue weighted by molar-refractivity contribution is 5.95. The molecule has 2 rings (SSSR count). The molecule has 0 spiro atoms. The fraction of sp³-hybridized carbons (Fsp3) is 0.579. The maximum Gasteiger partial charge on any atom is 0.342 e. The molecule has 0 saturated heterocycles. The van der Waals surface area contributed by atoms with Crippen LogP contribution in [0.25, 0.3) is 0 Å². The zero-order chi connectivity index (χ0) is 18.0. The first kappa shape index (κ1) is 18.3. The number of nitrogens with one attached hydrogen (secondary N) is 1. The zero-order valence-electron chi connectivity index (χ0n) is 15.1. The molecule has 5 heteroatoms. The lowest BCUT2D eigenvalue weighted by Crippen LogP contribution is -2.37. The van der Waals surface area contributed by atoms with Crippen LogP contribution in [0.1, 0.15) is 80.8 Å². The molecule has 1 aromatic rings. The first-order chi connectivity index (χ1) is 11.2. The molecule has 0 radical (unpaired) electrons. The Morgan fingerprint density at radius 2 is 1.75 bits per heavy atom. The number of benzene rings is 1. The van der Waals surface area contributed by atoms with Crippen molar-refractivity contribution in [3.8, 4) is 5.75 Å². The van der Waals surface area contributed by atoms with Gasteiger partial charge in [0.2, 0.25) is 0 Å². The molecular weight excluding hydrogens is 306 g/mol. The van der Waals surface area contributed by atoms with Crippen molar-refractivity contribution in [3.63, 3.8) is 0 Å². The van der Waals surface area contributed by atoms with Gasteiger partial charge in [-0.15, -0.1) is 0 Å². The maximum absolute atomic E-state index is 12.5. The molecule has 1 aromatic carbocycles. The van der Waals surface area contributed by atoms with Gasteiger partial charge in [0.25, 0.3) is 5.91 Å². The molecule has 24 heavy (non-hydrogen) atoms. The molecule has 132 valence electrons. The highest BCUT2D eigenvalue weighted by Crippen LogP contribution is 2.33. The largest absolute Gasteiger partial charge is 0.507 e. The molecule has 1 fully saturated rings. The van der Waals surface area contributed by atoms with E-state index in [2.05, 4.69) is 5.32 Å². The van der Waals surface area contributed by atoms with Crippen molar-refractivity contribution in [1.29, 1.82) is 0 Å². The summed E-state index contributed by atoms with van der Waals surface area (Å²) >= 11 is 0. The standard InChI is InChI=1S/C19H27NO4/c1-10(2)13-8-15(11(3)4)17(21)16(9-13)19(23)24-12(5)18(22)20-14-6-7-14/h8-12,14,21H,6-7H2,1-5H3,(H,20,22). The summed E-state index contributed by atoms with van der Waals surface area (Å²) in [6, 6.07) is 3.79. The highest BCUT2D eigenvalue weighted by atomic mass is 16.5. The Hall–Kier alpha value is -2.04. The molecule has 5 nitrogen and oxygen atoms in total. The summed E-state index contributed by atoms with van der Waals surface area (Å²) < 4.78 is 5.27. The fourth-order valence-corrected chi connectivity index (χ4v) is 2.43. The minimum absolute atomic E-state index is 0.0609. The van der Waals surface area contributed by atoms with Gasteiger partial charge in [0.15, 0.2) is 6.10 Å². The first-order valence-corrected chi connectivity index (χ1v) is 8.58. The van der Waals surface area contributed by atoms with Gasteiger partial charge >= 0.3 is 5.97 Å². The minimum Gasteiger partial charge on any atom is -0.507 e. The molecule has 0 heterocycles. The summed E-state index contributed by atoms with van der Waals surface area (Å²) in [5.41, 5.74) is 1.79. The van der Waals surface area contributed by atoms with Crippen LogP contribution in [0.4, 0.5) is 0 Å². The van der Waals surface area contributed by atoms with Crippen molar-refractivity contribution < 1.29 is 19.4 Å². The van der Waals surface area contributed by atoms with Crippen molar-refractivity contribution in [1.82, 2.24) is 5.32 Å². The van der Waals surface area contributed by atoms with Crippen molar-refractivity contribution in [2.45, 2.75) is 71.4 Å². The molecule has 1 aliphatic rings. The summed E-state index contributed by atoms with van der Waals surface area (Å²) in [6.45, 7) is 9.51. The second-order valence-corrected chi connectivity index (χ2v) is 7.15. The van der Waals surface area contributed by atoms with E-state index in [0.717, 1.165) is 18.4 Å². The zero-order valence-corrected chi connectivity index (χ0v) is 15.1. The van der Waals surface area contributed by atoms with Gasteiger partial charge < -0.3 is 15.2 Å². The molecule has 0 bridgehead atoms. The number of amides is 1. The monoisotopic (exact) mass is 333 g/mol. The van der Waals surface area contributed by atoms with Crippen LogP contribution in [0.15, 0.2) is 12.1 Å². The van der Waals surface area contributed by atoms with E-state index in [1.54, 1.807) is 13.0 Å². The van der Waals surface area contributed by atoms with Crippen molar-refractivity contribution in [2.24, 2.45) is 0 Å². The van der Waals surface area contributed by atoms with Gasteiger partial charge in [0.05, 0.1) is 0 Å². The molecule has 2 N–H and O–H groups in total. The van der Waals surface area contributed by atoms with Gasteiger partial charge in [0, 0.05) is 6.04 Å². The van der Waals surface area contributed by atoms with E-state index in [1.807, 2.05) is 33.8 Å². The number of hydrogen-bond acceptors (Lipinski definition) is 4. The van der Waals surface area contributed by atoms with Crippen LogP contribution in [0.5, 0.6) is 5.75 Å². The smallest absolute Gasteiger partial charge is 0.342 e. The number of phenols is 1. The molecule has 1 saturated carbocycles. The second kappa shape index (κ2) is 7.24. The van der Waals surface area contributed by atoms with Crippen LogP contribution in [0.3, 0.4) is 0 Å². The number of phenolic OH excluding ortho intramolecular Hbond substituents is 1. The lowest BCUT2D eigenvalue weighted by molar-refractivity contribution is -0.129. The van der Waals surface area contributed by atoms with Crippen molar-refractivity contribution in [2.75, 3.05) is 0 Å². The Bertz CT molecular complexity index is 632. The van der Waals surface area contributed by atoms with Crippen LogP contribution in [0.2, 0.25) is 0 Å². The van der Waals surface area contributed by atoms with Gasteiger partial charge in [-0.2, -0.15) is 0 Å². The van der Waals surface area contributed by atoms with Gasteiger partial charge in [-0.25, -0.2) is 4.79 Å². The summed E-state index contributed by atoms with van der Waals surface area (Å²) in [7, 11) is 0. The Morgan fingerprint density at radius 3 is 2.25 bits per heavy atom. The van der Waals surface area contributed by atoms with Gasteiger partial charge in [0.1, 0.15) is 11.3 Å². The summed E-state index contributed by atoms with van der Waals surface area (Å²) in [5.74, 6) is -0.741. The molecule has 1 atom stereocenters. The van der Waals surface area contributed by atoms with Crippen molar-refractivity contribution in [3.05, 3.63) is 28.8 Å². The number of carbonyl (C=O) groups is 2. The Morgan fingerprint density at radius 1 is 1.12 bits per heavy atom. The quantitative estimate of drug-likeness (QED) is 0.782. The number of carbonyl (C=O) groups excluding carboxylic acids is 2. The summed E-state index contributed by atoms with van der Waals surface area (Å²) in [4.78, 5) is 24.4. The number of hydrogen-bond donors (Lipinski definition) is 2. The Kier molecular flexibility index (Phi) is 5.52. The average Bonchev–Trinajstić information content (AvgIpc) is 3.30. The molecule has 0 aromatic heterocycles. The molecule has 1 amide bonds. The van der Waals surface area contributed by atoms with E-state index in [9.17, 15) is 14.7 Å². The SMILES string of the molecule is CC(OC(=O)c1cc(C(C)C)cc(C(C)C)c1O)C(=O)NC1CC1. The van der Waals surface area contributed by atoms with Crippen LogP contribution in [-0.4, -0.2) is 29.1 Å². The van der Waals surface area contributed by atoms with Crippen LogP contribution in [-0.2, 0) is 9.53 Å². The predicted octanol–water partition coefficient (Wildman–Crippen LogP) is 3.46. The van der Waals surface area contributed by atoms with Gasteiger partial charge in [-0.3, -0.25) is 4.79 Å². The first-order valence-electron chi connectivity index (χ1n) is 8.58. The van der Waals surface area contributed by atoms with Gasteiger partial charge in [-0.05, 0) is 48.8 Å². The highest BCUT2D eigenvalue weighted by Gasteiger charge is 2.28. The number of esters is 1. The normalized spacial score (nSPS) is 15.5. The Balaban J connectivity index is 2.22. The van der Waals surface area contributed by atoms with Gasteiger partial charge in [-0.1, -0.05) is 33.8 Å². The number of rotatable bonds is 6. The van der Waals surface area contributed by atoms with E-state index in [-0.39, 0.29) is 35.1 Å². The third-order valence-corrected chi connectivity index (χ3v) is 4.25. The predicted molar refractivity (Wildman–Crippen MR) is 92.3 cm³/mol. The van der Waals surface area contributed by atoms with Crippen molar-refractivity contribution >= 4 is 11.9 Å². The summed E-state index contributed by atoms with van der Waals surface area (Å²) in [5, 5.41) is 13.2. The lowest BCUT2D eigenvalue weighted by Gasteiger charge is -2.18. The third kappa shape index (κ3) is 4.28. The van der Waals surface area contributed by atoms with E-state index >= 15 is 0 Å². The number of aromatic hydroxyl groups is 1. The average molecular weight is 333 g/mol. The van der Waals surface area contributed by atoms with Crippen LogP contribution in [0, 0.1) is 0 Å². The minimum atomic E-state index is -0.886. The second-order valence-electron chi connectivity index (χ2n) is 7.15. The molecule has 1 aliphatic carbocycles. The Labute approximate surface area is 143 Å². The number of ether oxygens (including phenoxy) is 1. The van der Waals surface area contributed by atoms with E-state index in [4.69, 9.17) is 4.74 Å². The van der Waals surface area contributed by atoms with E-state index < -0.39 is 12.1 Å². The molecule has 1 unspecified atom stereocenters. The topological polar surface area (TPSA) is 75.6 Å². The van der Waals surface area contributed by atoms with Crippen LogP contribution >= 0.6 is 0 Å². The van der Waals surface area contributed by atoms with E-state index in [0.29, 0.717) is 5.56 Å². The fourth-order valence-electron chi connectivity index (χ4n) is 2.43. The van der Waals surface area contributed by atoms with E-state index in [1.165, 1.54) is 0 Å². The lowest BCUT2D eigenvalue weighted by atomic mass is 9.92. The molecular formula is C19H27NO4. The third-order valence-electron chi connectivity index (χ3n) is 4.25. The molecule has 0 aliphatic heterocycles. The summed E-state index contributed by atoms with van der Waals surface area (Å²) in [6.07, 6.45) is 1.06. The van der Waals surface area contributed by atoms with Crippen LogP contribution < -0.4 is 5.32 Å². The maximum atomic E-state index is 12.5.